The average Bonchev–Trinajstić information content (AvgIpc) is 3.27. The maximum absolute atomic E-state index is 12.2. The third-order valence-electron chi connectivity index (χ3n) is 5.39. The number of amides is 1. The molecule has 0 unspecified atom stereocenters. The highest BCUT2D eigenvalue weighted by molar-refractivity contribution is 5.78. The Balaban J connectivity index is 1.57. The minimum Gasteiger partial charge on any atom is -0.383 e. The minimum atomic E-state index is 0.237. The van der Waals surface area contributed by atoms with Gasteiger partial charge in [0.2, 0.25) is 5.91 Å². The van der Waals surface area contributed by atoms with Gasteiger partial charge in [-0.2, -0.15) is 0 Å². The van der Waals surface area contributed by atoms with Crippen LogP contribution in [0.1, 0.15) is 29.8 Å². The monoisotopic (exact) mass is 351 g/mol. The minimum absolute atomic E-state index is 0.237. The average molecular weight is 351 g/mol. The molecule has 1 fully saturated rings. The molecule has 0 spiro atoms. The number of nitrogens with zero attached hydrogens (tertiary/aromatic N) is 3. The lowest BCUT2D eigenvalue weighted by molar-refractivity contribution is -0.128. The van der Waals surface area contributed by atoms with Gasteiger partial charge in [0.05, 0.1) is 6.61 Å². The molecular weight excluding hydrogens is 326 g/mol. The predicted octanol–water partition coefficient (Wildman–Crippen LogP) is 2.67. The number of aryl methyl sites for hydroxylation is 1. The van der Waals surface area contributed by atoms with Crippen LogP contribution in [0.2, 0.25) is 0 Å². The summed E-state index contributed by atoms with van der Waals surface area (Å²) in [7, 11) is 1.67. The first-order chi connectivity index (χ1) is 12.7. The number of carbonyl (C=O) groups is 1. The van der Waals surface area contributed by atoms with E-state index in [-0.39, 0.29) is 5.91 Å². The smallest absolute Gasteiger partial charge is 0.223 e. The van der Waals surface area contributed by atoms with Gasteiger partial charge in [-0.25, -0.2) is 9.97 Å². The molecule has 1 aromatic carbocycles. The highest BCUT2D eigenvalue weighted by Gasteiger charge is 2.31. The largest absolute Gasteiger partial charge is 0.383 e. The fourth-order valence-electron chi connectivity index (χ4n) is 4.08. The summed E-state index contributed by atoms with van der Waals surface area (Å²) < 4.78 is 5.12. The van der Waals surface area contributed by atoms with Gasteiger partial charge >= 0.3 is 0 Å². The van der Waals surface area contributed by atoms with Crippen molar-refractivity contribution in [2.24, 2.45) is 5.92 Å². The second-order valence-electron chi connectivity index (χ2n) is 7.25. The molecule has 136 valence electrons. The van der Waals surface area contributed by atoms with Crippen molar-refractivity contribution >= 4 is 5.91 Å². The Morgan fingerprint density at radius 3 is 2.85 bits per heavy atom. The van der Waals surface area contributed by atoms with E-state index in [1.165, 1.54) is 11.3 Å². The van der Waals surface area contributed by atoms with Crippen molar-refractivity contribution in [3.05, 3.63) is 47.3 Å². The van der Waals surface area contributed by atoms with Crippen LogP contribution >= 0.6 is 0 Å². The lowest BCUT2D eigenvalue weighted by atomic mass is 9.98. The third-order valence-corrected chi connectivity index (χ3v) is 5.39. The lowest BCUT2D eigenvalue weighted by Gasteiger charge is -2.17. The fraction of sp³-hybridized carbons (Fsp3) is 0.476. The summed E-state index contributed by atoms with van der Waals surface area (Å²) in [6, 6.07) is 10.2. The van der Waals surface area contributed by atoms with Crippen LogP contribution in [-0.2, 0) is 28.8 Å². The van der Waals surface area contributed by atoms with Crippen LogP contribution in [0.15, 0.2) is 30.3 Å². The molecule has 26 heavy (non-hydrogen) atoms. The summed E-state index contributed by atoms with van der Waals surface area (Å²) >= 11 is 0. The standard InChI is InChI=1S/C21H25N3O2/c1-26-11-10-24-14-15(13-20(24)25)12-19-17-8-5-9-18(17)22-21(23-19)16-6-3-2-4-7-16/h2-4,6-7,15H,5,8-14H2,1H3/t15-/m0/s1. The zero-order valence-electron chi connectivity index (χ0n) is 15.3. The molecule has 5 heteroatoms. The van der Waals surface area contributed by atoms with E-state index in [4.69, 9.17) is 14.7 Å². The van der Waals surface area contributed by atoms with Crippen LogP contribution in [0.3, 0.4) is 0 Å². The van der Waals surface area contributed by atoms with Gasteiger partial charge in [-0.15, -0.1) is 0 Å². The topological polar surface area (TPSA) is 55.3 Å². The first kappa shape index (κ1) is 17.2. The molecule has 2 heterocycles. The molecule has 1 atom stereocenters. The summed E-state index contributed by atoms with van der Waals surface area (Å²) in [5, 5.41) is 0. The number of likely N-dealkylation sites (tertiary alicyclic amines) is 1. The van der Waals surface area contributed by atoms with Crippen LogP contribution in [0.5, 0.6) is 0 Å². The quantitative estimate of drug-likeness (QED) is 0.803. The second kappa shape index (κ2) is 7.54. The summed E-state index contributed by atoms with van der Waals surface area (Å²) in [6.07, 6.45) is 4.73. The third kappa shape index (κ3) is 3.49. The van der Waals surface area contributed by atoms with Crippen molar-refractivity contribution in [2.45, 2.75) is 32.1 Å². The van der Waals surface area contributed by atoms with E-state index >= 15 is 0 Å². The van der Waals surface area contributed by atoms with Gasteiger partial charge in [-0.3, -0.25) is 4.79 Å². The molecule has 0 radical (unpaired) electrons. The van der Waals surface area contributed by atoms with Gasteiger partial charge in [0.1, 0.15) is 0 Å². The van der Waals surface area contributed by atoms with Crippen LogP contribution in [0, 0.1) is 5.92 Å². The number of methoxy groups -OCH3 is 1. The molecule has 0 N–H and O–H groups in total. The predicted molar refractivity (Wildman–Crippen MR) is 99.8 cm³/mol. The van der Waals surface area contributed by atoms with Crippen LogP contribution < -0.4 is 0 Å². The summed E-state index contributed by atoms with van der Waals surface area (Å²) in [4.78, 5) is 23.9. The van der Waals surface area contributed by atoms with Crippen LogP contribution in [-0.4, -0.2) is 47.6 Å². The molecule has 2 aliphatic rings. The zero-order valence-corrected chi connectivity index (χ0v) is 15.3. The molecule has 5 nitrogen and oxygen atoms in total. The highest BCUT2D eigenvalue weighted by Crippen LogP contribution is 2.30. The van der Waals surface area contributed by atoms with Gasteiger partial charge in [-0.1, -0.05) is 30.3 Å². The van der Waals surface area contributed by atoms with E-state index in [0.717, 1.165) is 49.3 Å². The van der Waals surface area contributed by atoms with E-state index in [2.05, 4.69) is 12.1 Å². The van der Waals surface area contributed by atoms with Crippen molar-refractivity contribution in [3.8, 4) is 11.4 Å². The summed E-state index contributed by atoms with van der Waals surface area (Å²) in [5.74, 6) is 1.39. The van der Waals surface area contributed by atoms with Gasteiger partial charge < -0.3 is 9.64 Å². The molecule has 1 amide bonds. The molecule has 1 saturated heterocycles. The number of rotatable bonds is 6. The molecule has 0 bridgehead atoms. The van der Waals surface area contributed by atoms with E-state index in [1.54, 1.807) is 7.11 Å². The fourth-order valence-corrected chi connectivity index (χ4v) is 4.08. The van der Waals surface area contributed by atoms with Crippen molar-refractivity contribution in [1.29, 1.82) is 0 Å². The van der Waals surface area contributed by atoms with Crippen LogP contribution in [0.25, 0.3) is 11.4 Å². The Kier molecular flexibility index (Phi) is 4.98. The number of ether oxygens (including phenoxy) is 1. The molecule has 2 aromatic rings. The Hall–Kier alpha value is -2.27. The van der Waals surface area contributed by atoms with E-state index < -0.39 is 0 Å². The van der Waals surface area contributed by atoms with Crippen molar-refractivity contribution in [1.82, 2.24) is 14.9 Å². The van der Waals surface area contributed by atoms with Gasteiger partial charge in [0.15, 0.2) is 5.82 Å². The van der Waals surface area contributed by atoms with E-state index in [0.29, 0.717) is 25.5 Å². The molecule has 1 aliphatic heterocycles. The Bertz CT molecular complexity index is 791. The number of benzene rings is 1. The molecular formula is C21H25N3O2. The Labute approximate surface area is 154 Å². The maximum atomic E-state index is 12.2. The van der Waals surface area contributed by atoms with E-state index in [1.807, 2.05) is 23.1 Å². The number of hydrogen-bond donors (Lipinski definition) is 0. The van der Waals surface area contributed by atoms with Crippen molar-refractivity contribution < 1.29 is 9.53 Å². The van der Waals surface area contributed by atoms with E-state index in [9.17, 15) is 4.79 Å². The molecule has 1 aromatic heterocycles. The Morgan fingerprint density at radius 1 is 1.19 bits per heavy atom. The van der Waals surface area contributed by atoms with Crippen molar-refractivity contribution in [3.63, 3.8) is 0 Å². The lowest BCUT2D eigenvalue weighted by Crippen LogP contribution is -2.29. The normalized spacial score (nSPS) is 19.2. The number of hydrogen-bond acceptors (Lipinski definition) is 4. The molecule has 0 saturated carbocycles. The van der Waals surface area contributed by atoms with Crippen molar-refractivity contribution in [2.75, 3.05) is 26.8 Å². The van der Waals surface area contributed by atoms with Gasteiger partial charge in [0, 0.05) is 43.6 Å². The first-order valence-corrected chi connectivity index (χ1v) is 9.45. The van der Waals surface area contributed by atoms with Gasteiger partial charge in [-0.05, 0) is 37.2 Å². The zero-order chi connectivity index (χ0) is 17.9. The SMILES string of the molecule is COCCN1C[C@@H](Cc2nc(-c3ccccc3)nc3c2CCC3)CC1=O. The molecule has 4 rings (SSSR count). The maximum Gasteiger partial charge on any atom is 0.223 e. The number of carbonyl (C=O) groups excluding carboxylic acids is 1. The number of aromatic nitrogens is 2. The Morgan fingerprint density at radius 2 is 2.04 bits per heavy atom. The first-order valence-electron chi connectivity index (χ1n) is 9.45. The van der Waals surface area contributed by atoms with Crippen LogP contribution in [0.4, 0.5) is 0 Å². The summed E-state index contributed by atoms with van der Waals surface area (Å²) in [5.41, 5.74) is 4.74. The van der Waals surface area contributed by atoms with Gasteiger partial charge in [0.25, 0.3) is 0 Å². The summed E-state index contributed by atoms with van der Waals surface area (Å²) in [6.45, 7) is 2.09. The number of fused-ring (bicyclic) bond motifs is 1. The highest BCUT2D eigenvalue weighted by atomic mass is 16.5. The second-order valence-corrected chi connectivity index (χ2v) is 7.25. The molecule has 1 aliphatic carbocycles.